The SMILES string of the molecule is CCCC(C)CNC1CCCC1SC. The molecule has 1 aliphatic carbocycles. The second kappa shape index (κ2) is 6.73. The van der Waals surface area contributed by atoms with Crippen molar-refractivity contribution in [1.82, 2.24) is 5.32 Å². The molecule has 0 radical (unpaired) electrons. The van der Waals surface area contributed by atoms with Gasteiger partial charge in [-0.25, -0.2) is 0 Å². The van der Waals surface area contributed by atoms with Gasteiger partial charge in [0.25, 0.3) is 0 Å². The summed E-state index contributed by atoms with van der Waals surface area (Å²) >= 11 is 2.04. The number of thioether (sulfide) groups is 1. The quantitative estimate of drug-likeness (QED) is 0.729. The Morgan fingerprint density at radius 1 is 1.43 bits per heavy atom. The first kappa shape index (κ1) is 12.4. The molecule has 0 saturated heterocycles. The van der Waals surface area contributed by atoms with E-state index < -0.39 is 0 Å². The molecule has 0 aliphatic heterocycles. The monoisotopic (exact) mass is 215 g/mol. The summed E-state index contributed by atoms with van der Waals surface area (Å²) in [5.41, 5.74) is 0. The highest BCUT2D eigenvalue weighted by atomic mass is 32.2. The lowest BCUT2D eigenvalue weighted by Crippen LogP contribution is -2.36. The maximum atomic E-state index is 3.75. The Balaban J connectivity index is 2.16. The lowest BCUT2D eigenvalue weighted by atomic mass is 10.1. The first-order chi connectivity index (χ1) is 6.77. The van der Waals surface area contributed by atoms with Gasteiger partial charge in [0.05, 0.1) is 0 Å². The van der Waals surface area contributed by atoms with Gasteiger partial charge < -0.3 is 5.32 Å². The van der Waals surface area contributed by atoms with Gasteiger partial charge in [-0.05, 0) is 38.0 Å². The van der Waals surface area contributed by atoms with Crippen molar-refractivity contribution in [3.05, 3.63) is 0 Å². The van der Waals surface area contributed by atoms with Crippen molar-refractivity contribution < 1.29 is 0 Å². The molecule has 0 aromatic rings. The molecular weight excluding hydrogens is 190 g/mol. The minimum absolute atomic E-state index is 0.796. The van der Waals surface area contributed by atoms with Gasteiger partial charge in [0.15, 0.2) is 0 Å². The van der Waals surface area contributed by atoms with Crippen LogP contribution in [-0.2, 0) is 0 Å². The molecule has 0 spiro atoms. The zero-order valence-corrected chi connectivity index (χ0v) is 10.7. The average Bonchev–Trinajstić information content (AvgIpc) is 2.62. The molecule has 1 aliphatic rings. The van der Waals surface area contributed by atoms with Crippen molar-refractivity contribution in [1.29, 1.82) is 0 Å². The smallest absolute Gasteiger partial charge is 0.0198 e. The molecule has 0 bridgehead atoms. The summed E-state index contributed by atoms with van der Waals surface area (Å²) in [7, 11) is 0. The van der Waals surface area contributed by atoms with Crippen molar-refractivity contribution in [3.63, 3.8) is 0 Å². The van der Waals surface area contributed by atoms with Crippen molar-refractivity contribution in [2.24, 2.45) is 5.92 Å². The Bertz CT molecular complexity index is 149. The molecule has 1 nitrogen and oxygen atoms in total. The summed E-state index contributed by atoms with van der Waals surface area (Å²) in [5, 5.41) is 4.62. The molecule has 0 heterocycles. The van der Waals surface area contributed by atoms with Crippen molar-refractivity contribution >= 4 is 11.8 Å². The third-order valence-electron chi connectivity index (χ3n) is 3.27. The first-order valence-corrected chi connectivity index (χ1v) is 7.32. The summed E-state index contributed by atoms with van der Waals surface area (Å²) < 4.78 is 0. The van der Waals surface area contributed by atoms with E-state index in [0.717, 1.165) is 17.2 Å². The third kappa shape index (κ3) is 3.82. The summed E-state index contributed by atoms with van der Waals surface area (Å²) in [6.07, 6.45) is 9.17. The summed E-state index contributed by atoms with van der Waals surface area (Å²) in [6, 6.07) is 0.796. The number of nitrogens with one attached hydrogen (secondary N) is 1. The van der Waals surface area contributed by atoms with E-state index in [1.165, 1.54) is 38.6 Å². The van der Waals surface area contributed by atoms with Crippen LogP contribution in [-0.4, -0.2) is 24.1 Å². The zero-order valence-electron chi connectivity index (χ0n) is 9.88. The van der Waals surface area contributed by atoms with E-state index in [0.29, 0.717) is 0 Å². The summed E-state index contributed by atoms with van der Waals surface area (Å²) in [5.74, 6) is 0.850. The fourth-order valence-electron chi connectivity index (χ4n) is 2.39. The fraction of sp³-hybridized carbons (Fsp3) is 1.00. The van der Waals surface area contributed by atoms with Gasteiger partial charge in [0.2, 0.25) is 0 Å². The van der Waals surface area contributed by atoms with Gasteiger partial charge in [-0.15, -0.1) is 0 Å². The molecule has 0 aromatic heterocycles. The maximum absolute atomic E-state index is 3.75. The lowest BCUT2D eigenvalue weighted by Gasteiger charge is -2.21. The number of rotatable bonds is 6. The predicted octanol–water partition coefficient (Wildman–Crippen LogP) is 3.30. The molecule has 1 saturated carbocycles. The van der Waals surface area contributed by atoms with E-state index in [1.807, 2.05) is 11.8 Å². The second-order valence-corrected chi connectivity index (χ2v) is 5.69. The average molecular weight is 215 g/mol. The first-order valence-electron chi connectivity index (χ1n) is 6.04. The number of hydrogen-bond acceptors (Lipinski definition) is 2. The van der Waals surface area contributed by atoms with Gasteiger partial charge in [0.1, 0.15) is 0 Å². The molecule has 0 aromatic carbocycles. The molecule has 3 unspecified atom stereocenters. The van der Waals surface area contributed by atoms with E-state index in [1.54, 1.807) is 0 Å². The summed E-state index contributed by atoms with van der Waals surface area (Å²) in [4.78, 5) is 0. The van der Waals surface area contributed by atoms with E-state index in [9.17, 15) is 0 Å². The highest BCUT2D eigenvalue weighted by molar-refractivity contribution is 7.99. The fourth-order valence-corrected chi connectivity index (χ4v) is 3.35. The van der Waals surface area contributed by atoms with Gasteiger partial charge in [-0.1, -0.05) is 26.7 Å². The molecule has 0 amide bonds. The minimum Gasteiger partial charge on any atom is -0.313 e. The molecule has 14 heavy (non-hydrogen) atoms. The van der Waals surface area contributed by atoms with E-state index in [2.05, 4.69) is 25.4 Å². The van der Waals surface area contributed by atoms with Crippen LogP contribution in [0, 0.1) is 5.92 Å². The highest BCUT2D eigenvalue weighted by Gasteiger charge is 2.25. The van der Waals surface area contributed by atoms with Crippen LogP contribution in [0.2, 0.25) is 0 Å². The number of hydrogen-bond donors (Lipinski definition) is 1. The van der Waals surface area contributed by atoms with Gasteiger partial charge in [-0.3, -0.25) is 0 Å². The Labute approximate surface area is 93.4 Å². The van der Waals surface area contributed by atoms with Crippen molar-refractivity contribution in [3.8, 4) is 0 Å². The Morgan fingerprint density at radius 3 is 2.86 bits per heavy atom. The van der Waals surface area contributed by atoms with Crippen LogP contribution in [0.1, 0.15) is 46.0 Å². The van der Waals surface area contributed by atoms with Gasteiger partial charge in [-0.2, -0.15) is 11.8 Å². The Hall–Kier alpha value is 0.310. The largest absolute Gasteiger partial charge is 0.313 e. The van der Waals surface area contributed by atoms with Gasteiger partial charge >= 0.3 is 0 Å². The minimum atomic E-state index is 0.796. The molecule has 1 fully saturated rings. The van der Waals surface area contributed by atoms with E-state index in [-0.39, 0.29) is 0 Å². The molecule has 2 heteroatoms. The zero-order chi connectivity index (χ0) is 10.4. The van der Waals surface area contributed by atoms with Crippen LogP contribution in [0.5, 0.6) is 0 Å². The molecular formula is C12H25NS. The van der Waals surface area contributed by atoms with Crippen LogP contribution < -0.4 is 5.32 Å². The second-order valence-electron chi connectivity index (χ2n) is 4.61. The Morgan fingerprint density at radius 2 is 2.21 bits per heavy atom. The third-order valence-corrected chi connectivity index (χ3v) is 4.44. The van der Waals surface area contributed by atoms with E-state index >= 15 is 0 Å². The molecule has 1 N–H and O–H groups in total. The summed E-state index contributed by atoms with van der Waals surface area (Å²) in [6.45, 7) is 5.85. The molecule has 84 valence electrons. The van der Waals surface area contributed by atoms with E-state index in [4.69, 9.17) is 0 Å². The lowest BCUT2D eigenvalue weighted by molar-refractivity contribution is 0.431. The maximum Gasteiger partial charge on any atom is 0.0198 e. The highest BCUT2D eigenvalue weighted by Crippen LogP contribution is 2.28. The molecule has 3 atom stereocenters. The van der Waals surface area contributed by atoms with Crippen molar-refractivity contribution in [2.45, 2.75) is 57.2 Å². The topological polar surface area (TPSA) is 12.0 Å². The van der Waals surface area contributed by atoms with Crippen LogP contribution in [0.25, 0.3) is 0 Å². The predicted molar refractivity (Wildman–Crippen MR) is 67.0 cm³/mol. The van der Waals surface area contributed by atoms with Crippen molar-refractivity contribution in [2.75, 3.05) is 12.8 Å². The standard InChI is InChI=1S/C12H25NS/c1-4-6-10(2)9-13-11-7-5-8-12(11)14-3/h10-13H,4-9H2,1-3H3. The van der Waals surface area contributed by atoms with Crippen LogP contribution in [0.3, 0.4) is 0 Å². The van der Waals surface area contributed by atoms with Crippen LogP contribution in [0.15, 0.2) is 0 Å². The normalized spacial score (nSPS) is 29.4. The van der Waals surface area contributed by atoms with Gasteiger partial charge in [0, 0.05) is 11.3 Å². The Kier molecular flexibility index (Phi) is 5.95. The van der Waals surface area contributed by atoms with Crippen LogP contribution >= 0.6 is 11.8 Å². The van der Waals surface area contributed by atoms with Crippen LogP contribution in [0.4, 0.5) is 0 Å². The molecule has 1 rings (SSSR count).